The monoisotopic (exact) mass is 486 g/mol. The zero-order valence-electron chi connectivity index (χ0n) is 18.5. The van der Waals surface area contributed by atoms with Crippen molar-refractivity contribution in [1.82, 2.24) is 4.90 Å². The highest BCUT2D eigenvalue weighted by molar-refractivity contribution is 8.26. The van der Waals surface area contributed by atoms with Crippen LogP contribution in [0.5, 0.6) is 17.2 Å². The minimum atomic E-state index is -0.107. The molecule has 3 rings (SSSR count). The number of thiocarbonyl (C=S) groups is 1. The number of hydrogen-bond acceptors (Lipinski definition) is 7. The van der Waals surface area contributed by atoms with Gasteiger partial charge in [0.25, 0.3) is 5.91 Å². The number of anilines is 1. The number of thioether (sulfide) groups is 1. The highest BCUT2D eigenvalue weighted by Gasteiger charge is 2.31. The molecule has 0 unspecified atom stereocenters. The number of benzene rings is 2. The van der Waals surface area contributed by atoms with E-state index in [4.69, 9.17) is 21.7 Å². The van der Waals surface area contributed by atoms with Gasteiger partial charge in [0.1, 0.15) is 10.1 Å². The molecule has 2 N–H and O–H groups in total. The fraction of sp³-hybridized carbons (Fsp3) is 0.292. The molecule has 1 aliphatic rings. The lowest BCUT2D eigenvalue weighted by Crippen LogP contribution is -2.29. The third kappa shape index (κ3) is 6.72. The third-order valence-corrected chi connectivity index (χ3v) is 6.39. The number of aromatic hydroxyl groups is 1. The summed E-state index contributed by atoms with van der Waals surface area (Å²) in [6.07, 6.45) is 4.45. The van der Waals surface area contributed by atoms with E-state index in [1.807, 2.05) is 12.1 Å². The molecule has 0 atom stereocenters. The first-order valence-electron chi connectivity index (χ1n) is 10.5. The maximum absolute atomic E-state index is 12.8. The van der Waals surface area contributed by atoms with Crippen molar-refractivity contribution in [2.45, 2.75) is 25.7 Å². The molecule has 1 aliphatic heterocycles. The van der Waals surface area contributed by atoms with Crippen LogP contribution in [0.4, 0.5) is 5.69 Å². The molecule has 9 heteroatoms. The van der Waals surface area contributed by atoms with Crippen molar-refractivity contribution in [3.8, 4) is 17.2 Å². The van der Waals surface area contributed by atoms with Crippen molar-refractivity contribution in [3.63, 3.8) is 0 Å². The molecule has 33 heavy (non-hydrogen) atoms. The largest absolute Gasteiger partial charge is 0.508 e. The predicted molar refractivity (Wildman–Crippen MR) is 135 cm³/mol. The van der Waals surface area contributed by atoms with Gasteiger partial charge in [-0.2, -0.15) is 0 Å². The van der Waals surface area contributed by atoms with Gasteiger partial charge in [0.15, 0.2) is 11.5 Å². The first-order valence-corrected chi connectivity index (χ1v) is 11.7. The molecule has 0 bridgehead atoms. The number of carbonyl (C=O) groups is 2. The van der Waals surface area contributed by atoms with Crippen LogP contribution in [-0.2, 0) is 9.59 Å². The summed E-state index contributed by atoms with van der Waals surface area (Å²) in [6.45, 7) is 0.521. The van der Waals surface area contributed by atoms with Crippen LogP contribution in [0.3, 0.4) is 0 Å². The van der Waals surface area contributed by atoms with Crippen LogP contribution in [-0.4, -0.2) is 46.9 Å². The molecule has 7 nitrogen and oxygen atoms in total. The number of methoxy groups -OCH3 is 2. The molecule has 2 aromatic carbocycles. The van der Waals surface area contributed by atoms with Crippen molar-refractivity contribution in [2.24, 2.45) is 0 Å². The van der Waals surface area contributed by atoms with E-state index in [0.717, 1.165) is 18.4 Å². The minimum Gasteiger partial charge on any atom is -0.508 e. The average Bonchev–Trinajstić information content (AvgIpc) is 3.07. The number of nitrogens with zero attached hydrogens (tertiary/aromatic N) is 1. The lowest BCUT2D eigenvalue weighted by atomic mass is 10.1. The Morgan fingerprint density at radius 3 is 2.52 bits per heavy atom. The molecule has 1 fully saturated rings. The molecule has 2 aromatic rings. The number of amides is 2. The maximum Gasteiger partial charge on any atom is 0.266 e. The van der Waals surface area contributed by atoms with E-state index in [-0.39, 0.29) is 17.6 Å². The summed E-state index contributed by atoms with van der Waals surface area (Å²) < 4.78 is 11.1. The Hall–Kier alpha value is -3.04. The summed E-state index contributed by atoms with van der Waals surface area (Å²) in [5, 5.41) is 12.1. The average molecular weight is 487 g/mol. The van der Waals surface area contributed by atoms with Gasteiger partial charge < -0.3 is 19.9 Å². The van der Waals surface area contributed by atoms with Gasteiger partial charge in [-0.05, 0) is 60.9 Å². The zero-order valence-corrected chi connectivity index (χ0v) is 20.1. The molecule has 0 aromatic heterocycles. The minimum absolute atomic E-state index is 0.0795. The summed E-state index contributed by atoms with van der Waals surface area (Å²) in [5.41, 5.74) is 1.48. The van der Waals surface area contributed by atoms with Crippen molar-refractivity contribution in [3.05, 3.63) is 52.9 Å². The van der Waals surface area contributed by atoms with Gasteiger partial charge in [-0.1, -0.05) is 36.5 Å². The van der Waals surface area contributed by atoms with Crippen LogP contribution >= 0.6 is 24.0 Å². The number of unbranched alkanes of at least 4 members (excludes halogenated alkanes) is 2. The van der Waals surface area contributed by atoms with Gasteiger partial charge in [-0.15, -0.1) is 0 Å². The Morgan fingerprint density at radius 1 is 1.09 bits per heavy atom. The van der Waals surface area contributed by atoms with E-state index in [2.05, 4.69) is 5.32 Å². The van der Waals surface area contributed by atoms with Gasteiger partial charge in [-0.25, -0.2) is 0 Å². The maximum atomic E-state index is 12.8. The van der Waals surface area contributed by atoms with Gasteiger partial charge in [0.2, 0.25) is 5.91 Å². The van der Waals surface area contributed by atoms with Gasteiger partial charge in [-0.3, -0.25) is 14.5 Å². The van der Waals surface area contributed by atoms with Gasteiger partial charge >= 0.3 is 0 Å². The van der Waals surface area contributed by atoms with Crippen molar-refractivity contribution in [2.75, 3.05) is 26.1 Å². The molecular weight excluding hydrogens is 460 g/mol. The summed E-state index contributed by atoms with van der Waals surface area (Å²) in [7, 11) is 3.14. The number of phenols is 1. The first kappa shape index (κ1) is 24.6. The second-order valence-electron chi connectivity index (χ2n) is 7.35. The normalized spacial score (nSPS) is 14.6. The Bertz CT molecular complexity index is 1050. The Morgan fingerprint density at radius 2 is 1.82 bits per heavy atom. The molecule has 0 aliphatic carbocycles. The van der Waals surface area contributed by atoms with Crippen molar-refractivity contribution < 1.29 is 24.2 Å². The molecule has 174 valence electrons. The zero-order chi connectivity index (χ0) is 23.8. The van der Waals surface area contributed by atoms with Crippen LogP contribution in [0.15, 0.2) is 47.4 Å². The number of rotatable bonds is 10. The van der Waals surface area contributed by atoms with Gasteiger partial charge in [0.05, 0.1) is 19.1 Å². The van der Waals surface area contributed by atoms with E-state index in [1.165, 1.54) is 23.9 Å². The number of nitrogens with one attached hydrogen (secondary N) is 1. The number of carbonyl (C=O) groups excluding carboxylic acids is 2. The molecule has 0 spiro atoms. The lowest BCUT2D eigenvalue weighted by Gasteiger charge is -2.14. The van der Waals surface area contributed by atoms with Crippen LogP contribution in [0.25, 0.3) is 6.08 Å². The SMILES string of the molecule is COc1ccc(C=C2SC(=S)N(CCCCCC(=O)Nc3ccc(O)cc3)C2=O)cc1OC. The second-order valence-corrected chi connectivity index (χ2v) is 9.03. The predicted octanol–water partition coefficient (Wildman–Crippen LogP) is 4.81. The summed E-state index contributed by atoms with van der Waals surface area (Å²) in [5.74, 6) is 1.19. The van der Waals surface area contributed by atoms with E-state index >= 15 is 0 Å². The Balaban J connectivity index is 1.46. The van der Waals surface area contributed by atoms with E-state index in [9.17, 15) is 14.7 Å². The van der Waals surface area contributed by atoms with Crippen LogP contribution in [0.2, 0.25) is 0 Å². The van der Waals surface area contributed by atoms with Crippen molar-refractivity contribution >= 4 is 51.9 Å². The summed E-state index contributed by atoms with van der Waals surface area (Å²) >= 11 is 6.69. The second kappa shape index (κ2) is 11.7. The topological polar surface area (TPSA) is 88.1 Å². The number of phenolic OH excluding ortho intramolecular Hbond substituents is 1. The number of hydrogen-bond donors (Lipinski definition) is 2. The van der Waals surface area contributed by atoms with E-state index in [1.54, 1.807) is 43.4 Å². The molecule has 0 radical (unpaired) electrons. The highest BCUT2D eigenvalue weighted by Crippen LogP contribution is 2.34. The van der Waals surface area contributed by atoms with Gasteiger partial charge in [0, 0.05) is 18.7 Å². The van der Waals surface area contributed by atoms with E-state index < -0.39 is 0 Å². The smallest absolute Gasteiger partial charge is 0.266 e. The summed E-state index contributed by atoms with van der Waals surface area (Å²) in [4.78, 5) is 27.0. The van der Waals surface area contributed by atoms with Crippen LogP contribution in [0, 0.1) is 0 Å². The highest BCUT2D eigenvalue weighted by atomic mass is 32.2. The van der Waals surface area contributed by atoms with Crippen molar-refractivity contribution in [1.29, 1.82) is 0 Å². The number of ether oxygens (including phenoxy) is 2. The fourth-order valence-corrected chi connectivity index (χ4v) is 4.60. The molecule has 1 heterocycles. The third-order valence-electron chi connectivity index (χ3n) is 5.02. The molecule has 0 saturated carbocycles. The standard InChI is InChI=1S/C24H26N2O5S2/c1-30-19-12-7-16(14-20(19)31-2)15-21-23(29)26(24(32)33-21)13-5-3-4-6-22(28)25-17-8-10-18(27)11-9-17/h7-12,14-15,27H,3-6,13H2,1-2H3,(H,25,28). The Labute approximate surface area is 202 Å². The van der Waals surface area contributed by atoms with E-state index in [0.29, 0.717) is 45.8 Å². The Kier molecular flexibility index (Phi) is 8.73. The fourth-order valence-electron chi connectivity index (χ4n) is 3.29. The molecular formula is C24H26N2O5S2. The molecule has 1 saturated heterocycles. The van der Waals surface area contributed by atoms with Crippen LogP contribution < -0.4 is 14.8 Å². The quantitative estimate of drug-likeness (QED) is 0.216. The summed E-state index contributed by atoms with van der Waals surface area (Å²) in [6, 6.07) is 11.8. The lowest BCUT2D eigenvalue weighted by molar-refractivity contribution is -0.122. The molecule has 2 amide bonds. The first-order chi connectivity index (χ1) is 15.9. The van der Waals surface area contributed by atoms with Crippen LogP contribution in [0.1, 0.15) is 31.2 Å².